The number of anilines is 1. The van der Waals surface area contributed by atoms with Crippen LogP contribution in [0.15, 0.2) is 46.3 Å². The number of thiazole rings is 1. The van der Waals surface area contributed by atoms with Gasteiger partial charge < -0.3 is 30.4 Å². The lowest BCUT2D eigenvalue weighted by Crippen LogP contribution is -2.71. The number of β-lactam (4-membered cyclic amide) rings is 1. The quantitative estimate of drug-likeness (QED) is 0.159. The number of nitrogen functional groups attached to an aromatic ring is 1. The van der Waals surface area contributed by atoms with Crippen LogP contribution in [0.2, 0.25) is 0 Å². The molecule has 38 heavy (non-hydrogen) atoms. The first kappa shape index (κ1) is 25.2. The number of carboxylic acids is 1. The first-order valence-electron chi connectivity index (χ1n) is 11.2. The molecule has 0 bridgehead atoms. The zero-order chi connectivity index (χ0) is 27.1. The van der Waals surface area contributed by atoms with Crippen molar-refractivity contribution in [3.05, 3.63) is 58.3 Å². The molecule has 0 aliphatic carbocycles. The summed E-state index contributed by atoms with van der Waals surface area (Å²) in [7, 11) is 1.27. The van der Waals surface area contributed by atoms with Crippen molar-refractivity contribution in [2.24, 2.45) is 5.16 Å². The first-order valence-corrected chi connectivity index (χ1v) is 13.1. The molecule has 0 saturated carbocycles. The molecule has 0 unspecified atom stereocenters. The SMILES string of the molecule is CO/N=C(\C(=O)N[C@@H]1C(=O)N2C(C(=O)[O-])=C(Cn3cc[n+]4c(C#N)ccc-4c3C)CS[C@H]12)c1csc(N)n1. The van der Waals surface area contributed by atoms with E-state index in [-0.39, 0.29) is 28.8 Å². The minimum atomic E-state index is -1.48. The van der Waals surface area contributed by atoms with Gasteiger partial charge in [0.25, 0.3) is 17.5 Å². The van der Waals surface area contributed by atoms with Crippen LogP contribution >= 0.6 is 23.1 Å². The van der Waals surface area contributed by atoms with Gasteiger partial charge in [0.2, 0.25) is 5.69 Å². The molecule has 0 aromatic carbocycles. The molecule has 5 rings (SSSR count). The molecular weight excluding hydrogens is 532 g/mol. The van der Waals surface area contributed by atoms with Crippen molar-refractivity contribution in [3.8, 4) is 11.8 Å². The van der Waals surface area contributed by atoms with Crippen molar-refractivity contribution >= 4 is 51.7 Å². The third-order valence-electron chi connectivity index (χ3n) is 6.28. The largest absolute Gasteiger partial charge is 0.543 e. The minimum absolute atomic E-state index is 0.156. The van der Waals surface area contributed by atoms with E-state index in [1.54, 1.807) is 23.0 Å². The molecule has 1 fully saturated rings. The van der Waals surface area contributed by atoms with Crippen LogP contribution in [0.4, 0.5) is 5.13 Å². The van der Waals surface area contributed by atoms with Gasteiger partial charge in [0, 0.05) is 29.8 Å². The zero-order valence-corrected chi connectivity index (χ0v) is 21.7. The van der Waals surface area contributed by atoms with E-state index in [0.717, 1.165) is 27.6 Å². The maximum atomic E-state index is 13.1. The van der Waals surface area contributed by atoms with E-state index in [0.29, 0.717) is 17.0 Å². The number of fused-ring (bicyclic) bond motifs is 2. The number of nitrogens with zero attached hydrogens (tertiary/aromatic N) is 6. The lowest BCUT2D eigenvalue weighted by atomic mass is 10.0. The summed E-state index contributed by atoms with van der Waals surface area (Å²) in [4.78, 5) is 48.1. The second kappa shape index (κ2) is 9.80. The number of aliphatic carboxylic acids is 1. The summed E-state index contributed by atoms with van der Waals surface area (Å²) in [6.45, 7) is 2.07. The van der Waals surface area contributed by atoms with Crippen molar-refractivity contribution in [1.29, 1.82) is 5.26 Å². The molecule has 1 aromatic rings. The van der Waals surface area contributed by atoms with Gasteiger partial charge in [0.05, 0.1) is 23.6 Å². The number of carbonyl (C=O) groups excluding carboxylic acids is 3. The van der Waals surface area contributed by atoms with E-state index in [4.69, 9.17) is 10.6 Å². The average molecular weight is 553 g/mol. The van der Waals surface area contributed by atoms with Crippen LogP contribution in [-0.2, 0) is 25.8 Å². The number of nitrogens with one attached hydrogen (secondary N) is 1. The second-order valence-electron chi connectivity index (χ2n) is 8.39. The smallest absolute Gasteiger partial charge is 0.289 e. The Morgan fingerprint density at radius 3 is 2.89 bits per heavy atom. The van der Waals surface area contributed by atoms with Gasteiger partial charge in [-0.15, -0.1) is 27.7 Å². The van der Waals surface area contributed by atoms with Gasteiger partial charge in [-0.3, -0.25) is 14.5 Å². The molecule has 4 aliphatic heterocycles. The lowest BCUT2D eigenvalue weighted by molar-refractivity contribution is -0.596. The molecule has 3 N–H and O–H groups in total. The molecule has 0 radical (unpaired) electrons. The van der Waals surface area contributed by atoms with Crippen LogP contribution in [0.5, 0.6) is 0 Å². The summed E-state index contributed by atoms with van der Waals surface area (Å²) >= 11 is 2.45. The lowest BCUT2D eigenvalue weighted by Gasteiger charge is -2.50. The van der Waals surface area contributed by atoms with E-state index in [2.05, 4.69) is 21.5 Å². The number of nitrogens with two attached hydrogens (primary N) is 1. The third kappa shape index (κ3) is 4.13. The maximum Gasteiger partial charge on any atom is 0.289 e. The van der Waals surface area contributed by atoms with Gasteiger partial charge in [0.1, 0.15) is 24.2 Å². The zero-order valence-electron chi connectivity index (χ0n) is 20.1. The van der Waals surface area contributed by atoms with E-state index in [1.807, 2.05) is 17.6 Å². The van der Waals surface area contributed by atoms with Gasteiger partial charge in [-0.1, -0.05) is 5.16 Å². The Hall–Kier alpha value is -4.42. The van der Waals surface area contributed by atoms with Gasteiger partial charge >= 0.3 is 0 Å². The Morgan fingerprint density at radius 2 is 2.24 bits per heavy atom. The predicted octanol–water partition coefficient (Wildman–Crippen LogP) is -1.12. The van der Waals surface area contributed by atoms with E-state index in [9.17, 15) is 24.8 Å². The van der Waals surface area contributed by atoms with Crippen LogP contribution in [0, 0.1) is 18.3 Å². The summed E-state index contributed by atoms with van der Waals surface area (Å²) in [5.41, 5.74) is 8.08. The van der Waals surface area contributed by atoms with E-state index >= 15 is 0 Å². The normalized spacial score (nSPS) is 19.1. The number of amides is 2. The number of hydrogen-bond donors (Lipinski definition) is 2. The number of oxime groups is 1. The van der Waals surface area contributed by atoms with Crippen molar-refractivity contribution in [2.45, 2.75) is 24.9 Å². The average Bonchev–Trinajstić information content (AvgIpc) is 3.52. The highest BCUT2D eigenvalue weighted by Gasteiger charge is 2.53. The third-order valence-corrected chi connectivity index (χ3v) is 8.29. The van der Waals surface area contributed by atoms with Gasteiger partial charge in [0.15, 0.2) is 23.1 Å². The topological polar surface area (TPSA) is 183 Å². The highest BCUT2D eigenvalue weighted by atomic mass is 32.2. The van der Waals surface area contributed by atoms with E-state index in [1.165, 1.54) is 24.3 Å². The number of thioether (sulfide) groups is 1. The minimum Gasteiger partial charge on any atom is -0.543 e. The standard InChI is InChI=1S/C23H20N8O5S2/c1-11-15-4-3-13(7-24)30(15)6-5-29(11)8-12-9-37-21-17(20(33)31(21)18(12)22(34)35)27-19(32)16(28-36-2)14-10-38-23(25)26-14/h3-6,10,17,21H,8-9H2,1-2H3,(H3-,25,26,27,32,34,35)/b28-16-/t17-,21-/m1/s1. The number of rotatable bonds is 7. The Kier molecular flexibility index (Phi) is 6.51. The Morgan fingerprint density at radius 1 is 1.45 bits per heavy atom. The number of carboxylic acid groups (broad SMARTS) is 1. The highest BCUT2D eigenvalue weighted by Crippen LogP contribution is 2.40. The van der Waals surface area contributed by atoms with Gasteiger partial charge in [-0.2, -0.15) is 5.26 Å². The fraction of sp³-hybridized carbons (Fsp3) is 0.261. The van der Waals surface area contributed by atoms with E-state index < -0.39 is 29.2 Å². The first-order chi connectivity index (χ1) is 18.2. The molecular formula is C23H20N8O5S2. The molecule has 1 aromatic heterocycles. The summed E-state index contributed by atoms with van der Waals surface area (Å²) < 4.78 is 3.60. The monoisotopic (exact) mass is 552 g/mol. The van der Waals surface area contributed by atoms with Crippen LogP contribution in [0.3, 0.4) is 0 Å². The van der Waals surface area contributed by atoms with Gasteiger partial charge in [-0.05, 0) is 12.5 Å². The Bertz CT molecular complexity index is 1550. The molecule has 15 heteroatoms. The fourth-order valence-corrected chi connectivity index (χ4v) is 6.36. The van der Waals surface area contributed by atoms with Crippen molar-refractivity contribution in [2.75, 3.05) is 18.6 Å². The number of carbonyl (C=O) groups is 3. The maximum absolute atomic E-state index is 13.1. The second-order valence-corrected chi connectivity index (χ2v) is 10.4. The molecule has 5 heterocycles. The summed E-state index contributed by atoms with van der Waals surface area (Å²) in [5.74, 6) is -2.46. The fourth-order valence-electron chi connectivity index (χ4n) is 4.47. The number of aromatic nitrogens is 3. The predicted molar refractivity (Wildman–Crippen MR) is 134 cm³/mol. The Balaban J connectivity index is 1.38. The number of hydrogen-bond acceptors (Lipinski definition) is 11. The van der Waals surface area contributed by atoms with Crippen molar-refractivity contribution in [3.63, 3.8) is 0 Å². The Labute approximate surface area is 224 Å². The van der Waals surface area contributed by atoms with Gasteiger partial charge in [-0.25, -0.2) is 4.98 Å². The highest BCUT2D eigenvalue weighted by molar-refractivity contribution is 8.00. The van der Waals surface area contributed by atoms with Crippen LogP contribution in [0.1, 0.15) is 17.1 Å². The molecule has 13 nitrogen and oxygen atoms in total. The van der Waals surface area contributed by atoms with Crippen LogP contribution < -0.4 is 20.7 Å². The molecule has 4 aliphatic rings. The number of nitriles is 1. The molecule has 1 saturated heterocycles. The summed E-state index contributed by atoms with van der Waals surface area (Å²) in [6.07, 6.45) is 3.48. The summed E-state index contributed by atoms with van der Waals surface area (Å²) in [6, 6.07) is 4.67. The molecule has 2 amide bonds. The molecule has 2 atom stereocenters. The molecule has 0 spiro atoms. The van der Waals surface area contributed by atoms with Crippen molar-refractivity contribution < 1.29 is 28.9 Å². The summed E-state index contributed by atoms with van der Waals surface area (Å²) in [5, 5.41) is 28.9. The van der Waals surface area contributed by atoms with Crippen LogP contribution in [0.25, 0.3) is 5.69 Å². The van der Waals surface area contributed by atoms with Crippen LogP contribution in [-0.4, -0.2) is 62.2 Å². The van der Waals surface area contributed by atoms with Crippen molar-refractivity contribution in [1.82, 2.24) is 19.8 Å². The molecule has 194 valence electrons.